The molecule has 4 rings (SSSR count). The Balaban J connectivity index is 1.51. The number of nitrogens with zero attached hydrogens (tertiary/aromatic N) is 4. The minimum absolute atomic E-state index is 0.0553. The molecule has 1 aliphatic carbocycles. The van der Waals surface area contributed by atoms with E-state index in [1.54, 1.807) is 12.3 Å². The van der Waals surface area contributed by atoms with Gasteiger partial charge in [0.05, 0.1) is 0 Å². The Bertz CT molecular complexity index is 1040. The van der Waals surface area contributed by atoms with Crippen LogP contribution in [0.15, 0.2) is 47.4 Å². The minimum atomic E-state index is -0.224. The average molecular weight is 409 g/mol. The molecule has 1 fully saturated rings. The van der Waals surface area contributed by atoms with Crippen molar-refractivity contribution in [3.63, 3.8) is 0 Å². The van der Waals surface area contributed by atoms with Gasteiger partial charge in [-0.1, -0.05) is 0 Å². The van der Waals surface area contributed by atoms with Crippen LogP contribution < -0.4 is 20.5 Å². The molecule has 158 valence electrons. The van der Waals surface area contributed by atoms with Gasteiger partial charge in [0, 0.05) is 29.9 Å². The summed E-state index contributed by atoms with van der Waals surface area (Å²) in [6, 6.07) is 10.8. The molecule has 30 heavy (non-hydrogen) atoms. The van der Waals surface area contributed by atoms with Crippen molar-refractivity contribution >= 4 is 22.7 Å². The quantitative estimate of drug-likeness (QED) is 0.613. The Labute approximate surface area is 175 Å². The molecule has 1 N–H and O–H groups in total. The number of anilines is 2. The summed E-state index contributed by atoms with van der Waals surface area (Å²) in [7, 11) is 4.02. The zero-order valence-corrected chi connectivity index (χ0v) is 17.4. The van der Waals surface area contributed by atoms with Crippen molar-refractivity contribution in [3.8, 4) is 5.75 Å². The highest BCUT2D eigenvalue weighted by Crippen LogP contribution is 2.21. The highest BCUT2D eigenvalue weighted by molar-refractivity contribution is 5.75. The number of ether oxygens (including phenoxy) is 1. The summed E-state index contributed by atoms with van der Waals surface area (Å²) >= 11 is 0. The Morgan fingerprint density at radius 1 is 1.13 bits per heavy atom. The normalized spacial score (nSPS) is 14.4. The number of nitrogens with one attached hydrogen (secondary N) is 1. The highest BCUT2D eigenvalue weighted by atomic mass is 16.7. The first-order valence-corrected chi connectivity index (χ1v) is 10.3. The molecule has 3 aromatic rings. The summed E-state index contributed by atoms with van der Waals surface area (Å²) in [6.07, 6.45) is 5.92. The number of likely N-dealkylation sites (N-methyl/N-ethyl adjacent to an activating group) is 1. The van der Waals surface area contributed by atoms with E-state index in [0.29, 0.717) is 18.2 Å². The zero-order chi connectivity index (χ0) is 20.9. The van der Waals surface area contributed by atoms with Gasteiger partial charge in [0.1, 0.15) is 18.5 Å². The van der Waals surface area contributed by atoms with Crippen LogP contribution in [0.2, 0.25) is 0 Å². The third-order valence-corrected chi connectivity index (χ3v) is 5.07. The Morgan fingerprint density at radius 2 is 1.90 bits per heavy atom. The molecule has 2 aromatic heterocycles. The second-order valence-corrected chi connectivity index (χ2v) is 7.75. The highest BCUT2D eigenvalue weighted by Gasteiger charge is 2.19. The molecule has 8 nitrogen and oxygen atoms in total. The fourth-order valence-corrected chi connectivity index (χ4v) is 3.41. The molecular formula is C22H27N5O3. The van der Waals surface area contributed by atoms with E-state index in [1.807, 2.05) is 38.4 Å². The maximum Gasteiger partial charge on any atom is 0.285 e. The van der Waals surface area contributed by atoms with Gasteiger partial charge in [-0.25, -0.2) is 4.98 Å². The number of hydrogen-bond acceptors (Lipinski definition) is 7. The van der Waals surface area contributed by atoms with Crippen LogP contribution in [0.5, 0.6) is 5.75 Å². The maximum atomic E-state index is 12.4. The van der Waals surface area contributed by atoms with Crippen LogP contribution in [0.4, 0.5) is 11.6 Å². The molecule has 0 spiro atoms. The standard InChI is InChI=1S/C22H27N5O3/c1-26(2)13-14-29-18-10-8-17(9-11-18)24-22-23-15-16-7-12-20(28)27(21(16)25-22)30-19-5-3-4-6-19/h7-12,15,19H,3-6,13-14H2,1-2H3,(H,23,24,25). The zero-order valence-electron chi connectivity index (χ0n) is 17.4. The van der Waals surface area contributed by atoms with Gasteiger partial charge in [-0.15, -0.1) is 4.73 Å². The van der Waals surface area contributed by atoms with Crippen LogP contribution in [0.1, 0.15) is 25.7 Å². The van der Waals surface area contributed by atoms with E-state index in [9.17, 15) is 4.79 Å². The Morgan fingerprint density at radius 3 is 2.63 bits per heavy atom. The molecule has 0 amide bonds. The van der Waals surface area contributed by atoms with E-state index in [0.717, 1.165) is 49.1 Å². The largest absolute Gasteiger partial charge is 0.492 e. The molecule has 0 radical (unpaired) electrons. The number of hydrogen-bond donors (Lipinski definition) is 1. The first-order chi connectivity index (χ1) is 14.6. The Kier molecular flexibility index (Phi) is 6.13. The molecule has 1 saturated carbocycles. The van der Waals surface area contributed by atoms with Crippen LogP contribution in [0, 0.1) is 0 Å². The molecule has 0 saturated heterocycles. The van der Waals surface area contributed by atoms with Crippen molar-refractivity contribution < 1.29 is 9.57 Å². The van der Waals surface area contributed by atoms with E-state index < -0.39 is 0 Å². The van der Waals surface area contributed by atoms with Gasteiger partial charge in [-0.2, -0.15) is 4.98 Å². The maximum absolute atomic E-state index is 12.4. The molecule has 0 aliphatic heterocycles. The summed E-state index contributed by atoms with van der Waals surface area (Å²) in [5.74, 6) is 1.21. The SMILES string of the molecule is CN(C)CCOc1ccc(Nc2ncc3ccc(=O)n(OC4CCCC4)c3n2)cc1. The van der Waals surface area contributed by atoms with Gasteiger partial charge in [-0.3, -0.25) is 4.79 Å². The molecule has 8 heteroatoms. The Hall–Kier alpha value is -3.13. The van der Waals surface area contributed by atoms with E-state index in [2.05, 4.69) is 20.2 Å². The predicted molar refractivity (Wildman–Crippen MR) is 116 cm³/mol. The van der Waals surface area contributed by atoms with E-state index >= 15 is 0 Å². The van der Waals surface area contributed by atoms with E-state index in [-0.39, 0.29) is 11.7 Å². The molecular weight excluding hydrogens is 382 g/mol. The van der Waals surface area contributed by atoms with Crippen molar-refractivity contribution in [1.29, 1.82) is 0 Å². The molecule has 0 unspecified atom stereocenters. The lowest BCUT2D eigenvalue weighted by Gasteiger charge is -2.16. The van der Waals surface area contributed by atoms with Crippen molar-refractivity contribution in [1.82, 2.24) is 19.6 Å². The van der Waals surface area contributed by atoms with Crippen LogP contribution in [0.3, 0.4) is 0 Å². The molecule has 0 bridgehead atoms. The third kappa shape index (κ3) is 4.88. The first kappa shape index (κ1) is 20.2. The van der Waals surface area contributed by atoms with Gasteiger partial charge in [-0.05, 0) is 70.1 Å². The van der Waals surface area contributed by atoms with Crippen LogP contribution in [-0.4, -0.2) is 52.9 Å². The number of pyridine rings is 1. The van der Waals surface area contributed by atoms with Crippen molar-refractivity contribution in [2.75, 3.05) is 32.6 Å². The van der Waals surface area contributed by atoms with Crippen molar-refractivity contribution in [3.05, 3.63) is 52.9 Å². The predicted octanol–water partition coefficient (Wildman–Crippen LogP) is 2.85. The summed E-state index contributed by atoms with van der Waals surface area (Å²) < 4.78 is 7.02. The monoisotopic (exact) mass is 409 g/mol. The topological polar surface area (TPSA) is 81.5 Å². The average Bonchev–Trinajstić information content (AvgIpc) is 3.25. The second kappa shape index (κ2) is 9.13. The first-order valence-electron chi connectivity index (χ1n) is 10.3. The van der Waals surface area contributed by atoms with Crippen LogP contribution in [0.25, 0.3) is 11.0 Å². The molecule has 1 aliphatic rings. The summed E-state index contributed by atoms with van der Waals surface area (Å²) in [5.41, 5.74) is 1.07. The van der Waals surface area contributed by atoms with Gasteiger partial charge in [0.2, 0.25) is 5.95 Å². The minimum Gasteiger partial charge on any atom is -0.492 e. The molecule has 2 heterocycles. The summed E-state index contributed by atoms with van der Waals surface area (Å²) in [4.78, 5) is 29.3. The van der Waals surface area contributed by atoms with E-state index in [1.165, 1.54) is 10.8 Å². The fraction of sp³-hybridized carbons (Fsp3) is 0.409. The van der Waals surface area contributed by atoms with E-state index in [4.69, 9.17) is 9.57 Å². The van der Waals surface area contributed by atoms with Crippen LogP contribution >= 0.6 is 0 Å². The number of fused-ring (bicyclic) bond motifs is 1. The van der Waals surface area contributed by atoms with Gasteiger partial charge >= 0.3 is 0 Å². The number of rotatable bonds is 8. The second-order valence-electron chi connectivity index (χ2n) is 7.75. The lowest BCUT2D eigenvalue weighted by molar-refractivity contribution is 0.0422. The van der Waals surface area contributed by atoms with Crippen molar-refractivity contribution in [2.24, 2.45) is 0 Å². The lowest BCUT2D eigenvalue weighted by Crippen LogP contribution is -2.32. The van der Waals surface area contributed by atoms with Gasteiger partial charge in [0.25, 0.3) is 5.56 Å². The molecule has 0 atom stereocenters. The van der Waals surface area contributed by atoms with Crippen LogP contribution in [-0.2, 0) is 0 Å². The third-order valence-electron chi connectivity index (χ3n) is 5.07. The molecule has 1 aromatic carbocycles. The number of benzene rings is 1. The van der Waals surface area contributed by atoms with Gasteiger partial charge < -0.3 is 19.8 Å². The van der Waals surface area contributed by atoms with Crippen molar-refractivity contribution in [2.45, 2.75) is 31.8 Å². The number of aromatic nitrogens is 3. The summed E-state index contributed by atoms with van der Waals surface area (Å²) in [5, 5.41) is 3.93. The smallest absolute Gasteiger partial charge is 0.285 e. The summed E-state index contributed by atoms with van der Waals surface area (Å²) in [6.45, 7) is 1.49. The fourth-order valence-electron chi connectivity index (χ4n) is 3.41. The lowest BCUT2D eigenvalue weighted by atomic mass is 10.3. The van der Waals surface area contributed by atoms with Gasteiger partial charge in [0.15, 0.2) is 5.65 Å².